The number of hydrogen-bond donors (Lipinski definition) is 1. The molecule has 0 saturated heterocycles. The number of nitrogens with one attached hydrogen (secondary N) is 1. The van der Waals surface area contributed by atoms with Gasteiger partial charge in [0.05, 0.1) is 11.4 Å². The summed E-state index contributed by atoms with van der Waals surface area (Å²) in [5, 5.41) is 10.0. The van der Waals surface area contributed by atoms with Crippen LogP contribution in [0.2, 0.25) is 0 Å². The van der Waals surface area contributed by atoms with Gasteiger partial charge in [0.1, 0.15) is 11.6 Å². The second-order valence-corrected chi connectivity index (χ2v) is 7.41. The van der Waals surface area contributed by atoms with Crippen molar-refractivity contribution in [3.05, 3.63) is 47.2 Å². The second-order valence-electron chi connectivity index (χ2n) is 6.58. The fourth-order valence-corrected chi connectivity index (χ4v) is 4.06. The summed E-state index contributed by atoms with van der Waals surface area (Å²) < 4.78 is 14.8. The molecule has 1 fully saturated rings. The van der Waals surface area contributed by atoms with Crippen molar-refractivity contribution in [2.45, 2.75) is 32.6 Å². The van der Waals surface area contributed by atoms with Crippen molar-refractivity contribution in [2.75, 3.05) is 5.32 Å². The molecule has 0 bridgehead atoms. The van der Waals surface area contributed by atoms with E-state index in [9.17, 15) is 9.18 Å². The maximum Gasteiger partial charge on any atom is 0.228 e. The minimum Gasteiger partial charge on any atom is -0.310 e. The number of rotatable bonds is 4. The average molecular weight is 370 g/mol. The molecule has 134 valence electrons. The van der Waals surface area contributed by atoms with Crippen molar-refractivity contribution in [1.29, 1.82) is 0 Å². The Hall–Kier alpha value is -2.54. The van der Waals surface area contributed by atoms with Gasteiger partial charge in [-0.05, 0) is 44.0 Å². The quantitative estimate of drug-likeness (QED) is 0.732. The fourth-order valence-electron chi connectivity index (χ4n) is 3.27. The van der Waals surface area contributed by atoms with Crippen LogP contribution in [0.25, 0.3) is 16.4 Å². The first-order chi connectivity index (χ1) is 12.6. The van der Waals surface area contributed by atoms with Gasteiger partial charge >= 0.3 is 0 Å². The molecule has 1 aliphatic carbocycles. The van der Waals surface area contributed by atoms with Gasteiger partial charge in [0.25, 0.3) is 0 Å². The van der Waals surface area contributed by atoms with Gasteiger partial charge in [0.2, 0.25) is 11.0 Å². The standard InChI is InChI=1S/C19H19FN4OS/c1-12-10-17(22-18(25)14-4-2-3-5-14)24(23-12)19-21-16(11-26-19)13-6-8-15(20)9-7-13/h6-11,14H,2-5H2,1H3,(H,22,25). The molecule has 3 aromatic rings. The summed E-state index contributed by atoms with van der Waals surface area (Å²) in [7, 11) is 0. The highest BCUT2D eigenvalue weighted by Crippen LogP contribution is 2.29. The van der Waals surface area contributed by atoms with E-state index in [4.69, 9.17) is 0 Å². The SMILES string of the molecule is Cc1cc(NC(=O)C2CCCC2)n(-c2nc(-c3ccc(F)cc3)cs2)n1. The van der Waals surface area contributed by atoms with E-state index in [2.05, 4.69) is 15.4 Å². The normalized spacial score (nSPS) is 14.7. The lowest BCUT2D eigenvalue weighted by molar-refractivity contribution is -0.119. The Labute approximate surface area is 154 Å². The van der Waals surface area contributed by atoms with E-state index in [-0.39, 0.29) is 17.6 Å². The number of thiazole rings is 1. The van der Waals surface area contributed by atoms with Crippen molar-refractivity contribution < 1.29 is 9.18 Å². The molecule has 0 atom stereocenters. The van der Waals surface area contributed by atoms with Crippen LogP contribution < -0.4 is 5.32 Å². The van der Waals surface area contributed by atoms with Crippen LogP contribution in [-0.2, 0) is 4.79 Å². The van der Waals surface area contributed by atoms with E-state index in [0.717, 1.165) is 42.6 Å². The van der Waals surface area contributed by atoms with Gasteiger partial charge in [0, 0.05) is 22.9 Å². The van der Waals surface area contributed by atoms with E-state index in [1.165, 1.54) is 23.5 Å². The Morgan fingerprint density at radius 2 is 2.00 bits per heavy atom. The predicted molar refractivity (Wildman–Crippen MR) is 100.0 cm³/mol. The Kier molecular flexibility index (Phi) is 4.55. The third kappa shape index (κ3) is 3.39. The molecule has 5 nitrogen and oxygen atoms in total. The first-order valence-electron chi connectivity index (χ1n) is 8.69. The monoisotopic (exact) mass is 370 g/mol. The maximum atomic E-state index is 13.1. The van der Waals surface area contributed by atoms with Crippen LogP contribution in [-0.4, -0.2) is 20.7 Å². The van der Waals surface area contributed by atoms with Crippen LogP contribution in [0.1, 0.15) is 31.4 Å². The van der Waals surface area contributed by atoms with Crippen molar-refractivity contribution in [1.82, 2.24) is 14.8 Å². The molecule has 26 heavy (non-hydrogen) atoms. The molecule has 1 aliphatic rings. The molecule has 7 heteroatoms. The Bertz CT molecular complexity index is 925. The van der Waals surface area contributed by atoms with Crippen molar-refractivity contribution in [3.63, 3.8) is 0 Å². The summed E-state index contributed by atoms with van der Waals surface area (Å²) in [4.78, 5) is 17.1. The lowest BCUT2D eigenvalue weighted by atomic mass is 10.1. The molecular weight excluding hydrogens is 351 g/mol. The number of carbonyl (C=O) groups is 1. The summed E-state index contributed by atoms with van der Waals surface area (Å²) in [6, 6.07) is 8.09. The second kappa shape index (κ2) is 6.99. The molecule has 0 spiro atoms. The van der Waals surface area contributed by atoms with Gasteiger partial charge in [-0.3, -0.25) is 4.79 Å². The highest BCUT2D eigenvalue weighted by molar-refractivity contribution is 7.12. The number of carbonyl (C=O) groups excluding carboxylic acids is 1. The molecule has 0 aliphatic heterocycles. The van der Waals surface area contributed by atoms with Gasteiger partial charge < -0.3 is 5.32 Å². The molecule has 1 amide bonds. The van der Waals surface area contributed by atoms with Gasteiger partial charge in [-0.1, -0.05) is 12.8 Å². The highest BCUT2D eigenvalue weighted by Gasteiger charge is 2.24. The van der Waals surface area contributed by atoms with Crippen molar-refractivity contribution in [3.8, 4) is 16.4 Å². The molecule has 0 radical (unpaired) electrons. The van der Waals surface area contributed by atoms with Gasteiger partial charge in [-0.15, -0.1) is 11.3 Å². The molecule has 0 unspecified atom stereocenters. The van der Waals surface area contributed by atoms with Crippen LogP contribution in [0, 0.1) is 18.7 Å². The fraction of sp³-hybridized carbons (Fsp3) is 0.316. The number of anilines is 1. The smallest absolute Gasteiger partial charge is 0.228 e. The highest BCUT2D eigenvalue weighted by atomic mass is 32.1. The van der Waals surface area contributed by atoms with E-state index in [0.29, 0.717) is 10.9 Å². The first kappa shape index (κ1) is 16.9. The maximum absolute atomic E-state index is 13.1. The largest absolute Gasteiger partial charge is 0.310 e. The molecule has 2 aromatic heterocycles. The molecule has 1 N–H and O–H groups in total. The number of hydrogen-bond acceptors (Lipinski definition) is 4. The number of halogens is 1. The minimum absolute atomic E-state index is 0.0546. The number of aryl methyl sites for hydroxylation is 1. The van der Waals surface area contributed by atoms with Gasteiger partial charge in [0.15, 0.2) is 0 Å². The third-order valence-electron chi connectivity index (χ3n) is 4.62. The summed E-state index contributed by atoms with van der Waals surface area (Å²) in [6.45, 7) is 1.89. The summed E-state index contributed by atoms with van der Waals surface area (Å²) in [6.07, 6.45) is 4.13. The van der Waals surface area contributed by atoms with E-state index < -0.39 is 0 Å². The van der Waals surface area contributed by atoms with Crippen LogP contribution in [0.4, 0.5) is 10.2 Å². The molecule has 4 rings (SSSR count). The minimum atomic E-state index is -0.274. The van der Waals surface area contributed by atoms with E-state index in [1.54, 1.807) is 16.8 Å². The lowest BCUT2D eigenvalue weighted by Gasteiger charge is -2.10. The van der Waals surface area contributed by atoms with Crippen LogP contribution >= 0.6 is 11.3 Å². The molecular formula is C19H19FN4OS. The third-order valence-corrected chi connectivity index (χ3v) is 5.44. The molecule has 2 heterocycles. The summed E-state index contributed by atoms with van der Waals surface area (Å²) in [5.74, 6) is 0.506. The average Bonchev–Trinajstić information content (AvgIpc) is 3.35. The molecule has 1 aromatic carbocycles. The predicted octanol–water partition coefficient (Wildman–Crippen LogP) is 4.57. The summed E-state index contributed by atoms with van der Waals surface area (Å²) >= 11 is 1.43. The zero-order valence-electron chi connectivity index (χ0n) is 14.4. The Morgan fingerprint density at radius 1 is 1.27 bits per heavy atom. The number of benzene rings is 1. The van der Waals surface area contributed by atoms with Gasteiger partial charge in [-0.2, -0.15) is 9.78 Å². The van der Waals surface area contributed by atoms with Crippen LogP contribution in [0.5, 0.6) is 0 Å². The first-order valence-corrected chi connectivity index (χ1v) is 9.57. The van der Waals surface area contributed by atoms with E-state index in [1.807, 2.05) is 18.4 Å². The van der Waals surface area contributed by atoms with Gasteiger partial charge in [-0.25, -0.2) is 9.37 Å². The Morgan fingerprint density at radius 3 is 2.73 bits per heavy atom. The van der Waals surface area contributed by atoms with Crippen LogP contribution in [0.3, 0.4) is 0 Å². The zero-order chi connectivity index (χ0) is 18.1. The number of nitrogens with zero attached hydrogens (tertiary/aromatic N) is 3. The Balaban J connectivity index is 1.60. The molecule has 1 saturated carbocycles. The summed E-state index contributed by atoms with van der Waals surface area (Å²) in [5.41, 5.74) is 2.41. The topological polar surface area (TPSA) is 59.8 Å². The van der Waals surface area contributed by atoms with Crippen LogP contribution in [0.15, 0.2) is 35.7 Å². The zero-order valence-corrected chi connectivity index (χ0v) is 15.2. The number of amides is 1. The van der Waals surface area contributed by atoms with Crippen molar-refractivity contribution >= 4 is 23.1 Å². The van der Waals surface area contributed by atoms with Crippen molar-refractivity contribution in [2.24, 2.45) is 5.92 Å². The lowest BCUT2D eigenvalue weighted by Crippen LogP contribution is -2.22. The van der Waals surface area contributed by atoms with E-state index >= 15 is 0 Å². The number of aromatic nitrogens is 3.